The molecule has 1 N–H and O–H groups in total. The number of hydrogen-bond donors (Lipinski definition) is 1. The van der Waals surface area contributed by atoms with E-state index in [4.69, 9.17) is 4.63 Å². The third-order valence-electron chi connectivity index (χ3n) is 3.32. The summed E-state index contributed by atoms with van der Waals surface area (Å²) < 4.78 is 4.71. The van der Waals surface area contributed by atoms with Crippen molar-refractivity contribution < 1.29 is 4.63 Å². The molecule has 0 atom stereocenters. The Balaban J connectivity index is 1.79. The second-order valence-electron chi connectivity index (χ2n) is 4.57. The van der Waals surface area contributed by atoms with E-state index in [9.17, 15) is 0 Å². The van der Waals surface area contributed by atoms with Crippen molar-refractivity contribution in [2.75, 3.05) is 26.7 Å². The van der Waals surface area contributed by atoms with Crippen LogP contribution < -0.4 is 5.32 Å². The monoisotopic (exact) mass is 224 g/mol. The lowest BCUT2D eigenvalue weighted by Crippen LogP contribution is -2.36. The molecule has 1 saturated heterocycles. The Labute approximate surface area is 96.2 Å². The average molecular weight is 224 g/mol. The minimum Gasteiger partial charge on any atom is -0.319 e. The standard InChI is InChI=1S/C11H20N4O/c1-9-11(14-16-13-9)8-15-5-3-10(4-6-15)7-12-2/h10,12H,3-8H2,1-2H3. The SMILES string of the molecule is CNCC1CCN(Cc2nonc2C)CC1. The molecule has 1 aliphatic rings. The number of aromatic nitrogens is 2. The van der Waals surface area contributed by atoms with Gasteiger partial charge in [-0.15, -0.1) is 0 Å². The highest BCUT2D eigenvalue weighted by Crippen LogP contribution is 2.18. The van der Waals surface area contributed by atoms with Crippen molar-refractivity contribution >= 4 is 0 Å². The largest absolute Gasteiger partial charge is 0.319 e. The lowest BCUT2D eigenvalue weighted by atomic mass is 9.97. The van der Waals surface area contributed by atoms with E-state index in [1.54, 1.807) is 0 Å². The van der Waals surface area contributed by atoms with Crippen LogP contribution in [0.25, 0.3) is 0 Å². The molecule has 0 amide bonds. The Morgan fingerprint density at radius 3 is 2.69 bits per heavy atom. The van der Waals surface area contributed by atoms with Gasteiger partial charge in [0.05, 0.1) is 0 Å². The molecular formula is C11H20N4O. The van der Waals surface area contributed by atoms with Crippen LogP contribution in [-0.4, -0.2) is 41.9 Å². The molecule has 0 spiro atoms. The van der Waals surface area contributed by atoms with Gasteiger partial charge in [0.1, 0.15) is 11.4 Å². The van der Waals surface area contributed by atoms with Gasteiger partial charge < -0.3 is 5.32 Å². The fourth-order valence-electron chi connectivity index (χ4n) is 2.24. The second-order valence-corrected chi connectivity index (χ2v) is 4.57. The van der Waals surface area contributed by atoms with Crippen molar-refractivity contribution in [3.63, 3.8) is 0 Å². The molecule has 0 saturated carbocycles. The van der Waals surface area contributed by atoms with Gasteiger partial charge in [-0.2, -0.15) is 0 Å². The van der Waals surface area contributed by atoms with E-state index in [1.807, 2.05) is 14.0 Å². The fourth-order valence-corrected chi connectivity index (χ4v) is 2.24. The maximum Gasteiger partial charge on any atom is 0.122 e. The molecule has 0 bridgehead atoms. The van der Waals surface area contributed by atoms with Gasteiger partial charge >= 0.3 is 0 Å². The maximum absolute atomic E-state index is 4.71. The number of nitrogens with one attached hydrogen (secondary N) is 1. The van der Waals surface area contributed by atoms with Crippen molar-refractivity contribution in [1.82, 2.24) is 20.5 Å². The Morgan fingerprint density at radius 2 is 2.12 bits per heavy atom. The molecule has 1 aromatic rings. The minimum absolute atomic E-state index is 0.831. The van der Waals surface area contributed by atoms with Gasteiger partial charge in [0, 0.05) is 6.54 Å². The summed E-state index contributed by atoms with van der Waals surface area (Å²) in [6.07, 6.45) is 2.54. The quantitative estimate of drug-likeness (QED) is 0.820. The molecule has 2 heterocycles. The Bertz CT molecular complexity index is 318. The Hall–Kier alpha value is -0.940. The third kappa shape index (κ3) is 2.80. The maximum atomic E-state index is 4.71. The predicted molar refractivity (Wildman–Crippen MR) is 61.0 cm³/mol. The number of rotatable bonds is 4. The molecule has 5 nitrogen and oxygen atoms in total. The van der Waals surface area contributed by atoms with E-state index in [0.717, 1.165) is 43.5 Å². The van der Waals surface area contributed by atoms with Crippen molar-refractivity contribution in [3.8, 4) is 0 Å². The van der Waals surface area contributed by atoms with Crippen LogP contribution >= 0.6 is 0 Å². The average Bonchev–Trinajstić information content (AvgIpc) is 2.68. The molecule has 0 aliphatic carbocycles. The number of likely N-dealkylation sites (tertiary alicyclic amines) is 1. The fraction of sp³-hybridized carbons (Fsp3) is 0.818. The normalized spacial score (nSPS) is 19.1. The molecule has 1 aromatic heterocycles. The van der Waals surface area contributed by atoms with Crippen LogP contribution in [0.4, 0.5) is 0 Å². The van der Waals surface area contributed by atoms with Gasteiger partial charge in [-0.1, -0.05) is 10.3 Å². The zero-order valence-electron chi connectivity index (χ0n) is 10.1. The summed E-state index contributed by atoms with van der Waals surface area (Å²) in [4.78, 5) is 2.43. The molecular weight excluding hydrogens is 204 g/mol. The molecule has 0 aromatic carbocycles. The van der Waals surface area contributed by atoms with Gasteiger partial charge in [-0.25, -0.2) is 4.63 Å². The molecule has 1 fully saturated rings. The summed E-state index contributed by atoms with van der Waals surface area (Å²) in [6.45, 7) is 6.26. The first kappa shape index (κ1) is 11.5. The lowest BCUT2D eigenvalue weighted by Gasteiger charge is -2.31. The number of hydrogen-bond acceptors (Lipinski definition) is 5. The highest BCUT2D eigenvalue weighted by Gasteiger charge is 2.20. The van der Waals surface area contributed by atoms with Crippen molar-refractivity contribution in [1.29, 1.82) is 0 Å². The highest BCUT2D eigenvalue weighted by molar-refractivity contribution is 5.04. The smallest absolute Gasteiger partial charge is 0.122 e. The van der Waals surface area contributed by atoms with Crippen LogP contribution in [0, 0.1) is 12.8 Å². The summed E-state index contributed by atoms with van der Waals surface area (Å²) >= 11 is 0. The molecule has 5 heteroatoms. The lowest BCUT2D eigenvalue weighted by molar-refractivity contribution is 0.172. The van der Waals surface area contributed by atoms with Crippen LogP contribution in [0.1, 0.15) is 24.2 Å². The van der Waals surface area contributed by atoms with Crippen LogP contribution in [0.3, 0.4) is 0 Å². The van der Waals surface area contributed by atoms with E-state index in [0.29, 0.717) is 0 Å². The van der Waals surface area contributed by atoms with Crippen LogP contribution in [0.5, 0.6) is 0 Å². The van der Waals surface area contributed by atoms with Gasteiger partial charge in [0.25, 0.3) is 0 Å². The summed E-state index contributed by atoms with van der Waals surface area (Å²) in [7, 11) is 2.02. The van der Waals surface area contributed by atoms with Gasteiger partial charge in [0.15, 0.2) is 0 Å². The summed E-state index contributed by atoms with van der Waals surface area (Å²) in [5, 5.41) is 11.0. The summed E-state index contributed by atoms with van der Waals surface area (Å²) in [6, 6.07) is 0. The first-order chi connectivity index (χ1) is 7.79. The molecule has 16 heavy (non-hydrogen) atoms. The highest BCUT2D eigenvalue weighted by atomic mass is 16.6. The van der Waals surface area contributed by atoms with Crippen LogP contribution in [0.15, 0.2) is 4.63 Å². The van der Waals surface area contributed by atoms with E-state index < -0.39 is 0 Å². The number of piperidine rings is 1. The van der Waals surface area contributed by atoms with Crippen molar-refractivity contribution in [2.45, 2.75) is 26.3 Å². The molecule has 90 valence electrons. The van der Waals surface area contributed by atoms with Crippen molar-refractivity contribution in [3.05, 3.63) is 11.4 Å². The minimum atomic E-state index is 0.831. The number of nitrogens with zero attached hydrogens (tertiary/aromatic N) is 3. The zero-order chi connectivity index (χ0) is 11.4. The first-order valence-electron chi connectivity index (χ1n) is 5.94. The van der Waals surface area contributed by atoms with E-state index in [1.165, 1.54) is 12.8 Å². The van der Waals surface area contributed by atoms with Gasteiger partial charge in [-0.05, 0) is 52.4 Å². The molecule has 2 rings (SSSR count). The van der Waals surface area contributed by atoms with E-state index in [-0.39, 0.29) is 0 Å². The van der Waals surface area contributed by atoms with Crippen LogP contribution in [-0.2, 0) is 6.54 Å². The Morgan fingerprint density at radius 1 is 1.38 bits per heavy atom. The zero-order valence-corrected chi connectivity index (χ0v) is 10.1. The van der Waals surface area contributed by atoms with Crippen LogP contribution in [0.2, 0.25) is 0 Å². The third-order valence-corrected chi connectivity index (χ3v) is 3.32. The topological polar surface area (TPSA) is 54.2 Å². The summed E-state index contributed by atoms with van der Waals surface area (Å²) in [5.41, 5.74) is 1.89. The predicted octanol–water partition coefficient (Wildman–Crippen LogP) is 0.809. The van der Waals surface area contributed by atoms with Crippen molar-refractivity contribution in [2.24, 2.45) is 5.92 Å². The second kappa shape index (κ2) is 5.41. The number of aryl methyl sites for hydroxylation is 1. The van der Waals surface area contributed by atoms with Gasteiger partial charge in [0.2, 0.25) is 0 Å². The Kier molecular flexibility index (Phi) is 3.90. The summed E-state index contributed by atoms with van der Waals surface area (Å²) in [5.74, 6) is 0.831. The molecule has 0 radical (unpaired) electrons. The first-order valence-corrected chi connectivity index (χ1v) is 5.94. The van der Waals surface area contributed by atoms with Gasteiger partial charge in [-0.3, -0.25) is 4.90 Å². The molecule has 0 unspecified atom stereocenters. The van der Waals surface area contributed by atoms with E-state index in [2.05, 4.69) is 20.5 Å². The molecule has 1 aliphatic heterocycles. The van der Waals surface area contributed by atoms with E-state index >= 15 is 0 Å².